The summed E-state index contributed by atoms with van der Waals surface area (Å²) in [5.41, 5.74) is 3.28. The van der Waals surface area contributed by atoms with Crippen molar-refractivity contribution < 1.29 is 14.4 Å². The summed E-state index contributed by atoms with van der Waals surface area (Å²) in [5.74, 6) is -0.703. The van der Waals surface area contributed by atoms with Crippen LogP contribution < -0.4 is 10.6 Å². The van der Waals surface area contributed by atoms with E-state index in [1.165, 1.54) is 19.3 Å². The van der Waals surface area contributed by atoms with Crippen molar-refractivity contribution in [1.82, 2.24) is 20.4 Å². The molecule has 7 heteroatoms. The maximum Gasteiger partial charge on any atom is 0.255 e. The van der Waals surface area contributed by atoms with E-state index in [0.717, 1.165) is 37.3 Å². The van der Waals surface area contributed by atoms with E-state index in [0.29, 0.717) is 30.0 Å². The summed E-state index contributed by atoms with van der Waals surface area (Å²) in [6.07, 6.45) is 4.43. The number of amides is 3. The third-order valence-corrected chi connectivity index (χ3v) is 7.53. The van der Waals surface area contributed by atoms with E-state index in [1.807, 2.05) is 12.1 Å². The number of hydrogen-bond donors (Lipinski definition) is 2. The van der Waals surface area contributed by atoms with Gasteiger partial charge in [-0.1, -0.05) is 12.1 Å². The third kappa shape index (κ3) is 3.44. The highest BCUT2D eigenvalue weighted by molar-refractivity contribution is 6.05. The third-order valence-electron chi connectivity index (χ3n) is 7.53. The van der Waals surface area contributed by atoms with Crippen LogP contribution in [0.2, 0.25) is 0 Å². The van der Waals surface area contributed by atoms with Crippen molar-refractivity contribution in [2.24, 2.45) is 5.41 Å². The van der Waals surface area contributed by atoms with Crippen LogP contribution in [0.15, 0.2) is 18.2 Å². The molecule has 30 heavy (non-hydrogen) atoms. The van der Waals surface area contributed by atoms with Crippen LogP contribution in [0.4, 0.5) is 0 Å². The number of nitrogens with one attached hydrogen (secondary N) is 2. The van der Waals surface area contributed by atoms with Crippen LogP contribution in [0, 0.1) is 5.41 Å². The van der Waals surface area contributed by atoms with Gasteiger partial charge in [-0.05, 0) is 68.3 Å². The highest BCUT2D eigenvalue weighted by atomic mass is 16.2. The SMILES string of the molecule is CC1CC2(CCNCC2)CN1Cc1ccc2c(c1)C(=O)N(C1CCC(=O)NC1=O)C2. The molecule has 0 saturated carbocycles. The summed E-state index contributed by atoms with van der Waals surface area (Å²) in [4.78, 5) is 40.9. The number of piperidine rings is 2. The lowest BCUT2D eigenvalue weighted by Gasteiger charge is -2.33. The largest absolute Gasteiger partial charge is 0.322 e. The summed E-state index contributed by atoms with van der Waals surface area (Å²) >= 11 is 0. The first kappa shape index (κ1) is 19.7. The zero-order chi connectivity index (χ0) is 20.9. The fourth-order valence-corrected chi connectivity index (χ4v) is 5.87. The summed E-state index contributed by atoms with van der Waals surface area (Å²) in [6.45, 7) is 6.98. The van der Waals surface area contributed by atoms with Gasteiger partial charge >= 0.3 is 0 Å². The number of carbonyl (C=O) groups excluding carboxylic acids is 3. The first-order valence-electron chi connectivity index (χ1n) is 11.2. The number of nitrogens with zero attached hydrogens (tertiary/aromatic N) is 2. The Morgan fingerprint density at radius 1 is 1.17 bits per heavy atom. The van der Waals surface area contributed by atoms with Gasteiger partial charge in [-0.25, -0.2) is 0 Å². The average Bonchev–Trinajstić information content (AvgIpc) is 3.19. The molecule has 2 atom stereocenters. The molecule has 2 unspecified atom stereocenters. The molecule has 4 aliphatic rings. The predicted octanol–water partition coefficient (Wildman–Crippen LogP) is 1.41. The summed E-state index contributed by atoms with van der Waals surface area (Å²) in [5, 5.41) is 5.84. The molecule has 3 amide bonds. The predicted molar refractivity (Wildman–Crippen MR) is 112 cm³/mol. The molecule has 160 valence electrons. The van der Waals surface area contributed by atoms with E-state index in [2.05, 4.69) is 28.5 Å². The van der Waals surface area contributed by atoms with E-state index < -0.39 is 6.04 Å². The summed E-state index contributed by atoms with van der Waals surface area (Å²) < 4.78 is 0. The Hall–Kier alpha value is -2.25. The van der Waals surface area contributed by atoms with Crippen LogP contribution in [0.25, 0.3) is 0 Å². The number of fused-ring (bicyclic) bond motifs is 1. The molecule has 0 radical (unpaired) electrons. The fourth-order valence-electron chi connectivity index (χ4n) is 5.87. The lowest BCUT2D eigenvalue weighted by molar-refractivity contribution is -0.136. The molecule has 2 N–H and O–H groups in total. The number of likely N-dealkylation sites (tertiary alicyclic amines) is 1. The van der Waals surface area contributed by atoms with Gasteiger partial charge in [0.05, 0.1) is 0 Å². The van der Waals surface area contributed by atoms with Crippen molar-refractivity contribution in [3.63, 3.8) is 0 Å². The smallest absolute Gasteiger partial charge is 0.255 e. The monoisotopic (exact) mass is 410 g/mol. The van der Waals surface area contributed by atoms with Crippen molar-refractivity contribution in [2.45, 2.75) is 64.2 Å². The minimum absolute atomic E-state index is 0.0920. The molecule has 1 spiro atoms. The van der Waals surface area contributed by atoms with Crippen molar-refractivity contribution in [3.8, 4) is 0 Å². The number of imide groups is 1. The van der Waals surface area contributed by atoms with Gasteiger partial charge in [0, 0.05) is 37.7 Å². The van der Waals surface area contributed by atoms with Gasteiger partial charge in [0.25, 0.3) is 5.91 Å². The number of hydrogen-bond acceptors (Lipinski definition) is 5. The average molecular weight is 411 g/mol. The quantitative estimate of drug-likeness (QED) is 0.737. The second kappa shape index (κ2) is 7.46. The van der Waals surface area contributed by atoms with E-state index in [9.17, 15) is 14.4 Å². The van der Waals surface area contributed by atoms with Crippen LogP contribution in [0.5, 0.6) is 0 Å². The number of carbonyl (C=O) groups is 3. The zero-order valence-corrected chi connectivity index (χ0v) is 17.6. The van der Waals surface area contributed by atoms with Crippen LogP contribution in [-0.4, -0.2) is 59.2 Å². The summed E-state index contributed by atoms with van der Waals surface area (Å²) in [7, 11) is 0. The van der Waals surface area contributed by atoms with Crippen LogP contribution >= 0.6 is 0 Å². The van der Waals surface area contributed by atoms with Crippen LogP contribution in [0.1, 0.15) is 60.5 Å². The maximum absolute atomic E-state index is 13.1. The molecule has 3 saturated heterocycles. The molecule has 0 aliphatic carbocycles. The van der Waals surface area contributed by atoms with Crippen molar-refractivity contribution in [3.05, 3.63) is 34.9 Å². The van der Waals surface area contributed by atoms with E-state index in [4.69, 9.17) is 0 Å². The van der Waals surface area contributed by atoms with Crippen molar-refractivity contribution >= 4 is 17.7 Å². The molecule has 5 rings (SSSR count). The van der Waals surface area contributed by atoms with Crippen molar-refractivity contribution in [1.29, 1.82) is 0 Å². The van der Waals surface area contributed by atoms with E-state index in [1.54, 1.807) is 4.90 Å². The second-order valence-corrected chi connectivity index (χ2v) is 9.60. The molecule has 0 bridgehead atoms. The maximum atomic E-state index is 13.1. The summed E-state index contributed by atoms with van der Waals surface area (Å²) in [6, 6.07) is 6.18. The highest BCUT2D eigenvalue weighted by Crippen LogP contribution is 2.42. The van der Waals surface area contributed by atoms with Crippen molar-refractivity contribution in [2.75, 3.05) is 19.6 Å². The number of rotatable bonds is 3. The molecular weight excluding hydrogens is 380 g/mol. The zero-order valence-electron chi connectivity index (χ0n) is 17.6. The second-order valence-electron chi connectivity index (χ2n) is 9.60. The van der Waals surface area contributed by atoms with Gasteiger partial charge in [-0.3, -0.25) is 24.6 Å². The molecule has 4 heterocycles. The van der Waals surface area contributed by atoms with E-state index >= 15 is 0 Å². The van der Waals surface area contributed by atoms with Crippen LogP contribution in [0.3, 0.4) is 0 Å². The molecule has 7 nitrogen and oxygen atoms in total. The number of benzene rings is 1. The highest BCUT2D eigenvalue weighted by Gasteiger charge is 2.43. The standard InChI is InChI=1S/C23H30N4O3/c1-15-11-23(6-8-24-9-7-23)14-26(15)12-16-2-3-17-13-27(22(30)18(17)10-16)19-4-5-20(28)25-21(19)29/h2-3,10,15,19,24H,4-9,11-14H2,1H3,(H,25,28,29). The Labute approximate surface area is 177 Å². The van der Waals surface area contributed by atoms with Gasteiger partial charge in [-0.2, -0.15) is 0 Å². The van der Waals surface area contributed by atoms with Gasteiger partial charge in [0.2, 0.25) is 11.8 Å². The normalized spacial score (nSPS) is 28.8. The van der Waals surface area contributed by atoms with Gasteiger partial charge in [-0.15, -0.1) is 0 Å². The molecule has 0 aromatic heterocycles. The van der Waals surface area contributed by atoms with Gasteiger partial charge in [0.15, 0.2) is 0 Å². The fraction of sp³-hybridized carbons (Fsp3) is 0.609. The molecule has 1 aromatic carbocycles. The van der Waals surface area contributed by atoms with E-state index in [-0.39, 0.29) is 24.1 Å². The Kier molecular flexibility index (Phi) is 4.90. The lowest BCUT2D eigenvalue weighted by atomic mass is 9.77. The first-order valence-corrected chi connectivity index (χ1v) is 11.2. The lowest BCUT2D eigenvalue weighted by Crippen LogP contribution is -2.52. The molecule has 4 aliphatic heterocycles. The van der Waals surface area contributed by atoms with Gasteiger partial charge in [0.1, 0.15) is 6.04 Å². The molecule has 3 fully saturated rings. The minimum Gasteiger partial charge on any atom is -0.322 e. The van der Waals surface area contributed by atoms with Gasteiger partial charge < -0.3 is 10.2 Å². The first-order chi connectivity index (χ1) is 14.4. The topological polar surface area (TPSA) is 81.8 Å². The Bertz CT molecular complexity index is 892. The Balaban J connectivity index is 1.29. The minimum atomic E-state index is -0.551. The van der Waals surface area contributed by atoms with Crippen LogP contribution in [-0.2, 0) is 22.7 Å². The molecule has 1 aromatic rings. The molecular formula is C23H30N4O3. The Morgan fingerprint density at radius 3 is 2.73 bits per heavy atom. The Morgan fingerprint density at radius 2 is 1.97 bits per heavy atom.